The van der Waals surface area contributed by atoms with Gasteiger partial charge >= 0.3 is 0 Å². The predicted molar refractivity (Wildman–Crippen MR) is 84.8 cm³/mol. The molecule has 1 aromatic carbocycles. The third kappa shape index (κ3) is 4.95. The number of nitrogens with one attached hydrogen (secondary N) is 1. The van der Waals surface area contributed by atoms with Crippen molar-refractivity contribution < 1.29 is 0 Å². The summed E-state index contributed by atoms with van der Waals surface area (Å²) in [6.45, 7) is 9.38. The van der Waals surface area contributed by atoms with E-state index in [1.807, 2.05) is 0 Å². The van der Waals surface area contributed by atoms with Crippen LogP contribution in [0.25, 0.3) is 0 Å². The summed E-state index contributed by atoms with van der Waals surface area (Å²) in [7, 11) is -0.887. The zero-order chi connectivity index (χ0) is 13.3. The molecule has 0 radical (unpaired) electrons. The second kappa shape index (κ2) is 8.49. The molecule has 1 rings (SSSR count). The van der Waals surface area contributed by atoms with Gasteiger partial charge in [0.1, 0.15) is 0 Å². The van der Waals surface area contributed by atoms with Crippen LogP contribution < -0.4 is 5.32 Å². The summed E-state index contributed by atoms with van der Waals surface area (Å²) in [5.41, 5.74) is 1.39. The summed E-state index contributed by atoms with van der Waals surface area (Å²) in [6.07, 6.45) is 1.36. The van der Waals surface area contributed by atoms with Crippen molar-refractivity contribution in [2.24, 2.45) is 0 Å². The van der Waals surface area contributed by atoms with Crippen molar-refractivity contribution in [3.05, 3.63) is 35.9 Å². The summed E-state index contributed by atoms with van der Waals surface area (Å²) >= 11 is 0. The predicted octanol–water partition coefficient (Wildman–Crippen LogP) is 4.67. The van der Waals surface area contributed by atoms with Gasteiger partial charge < -0.3 is 5.32 Å². The molecule has 1 aromatic rings. The SMILES string of the molecule is CC[Si](CC)(CC)CCCNCc1ccccc1. The van der Waals surface area contributed by atoms with Crippen molar-refractivity contribution in [3.8, 4) is 0 Å². The van der Waals surface area contributed by atoms with Crippen molar-refractivity contribution in [3.63, 3.8) is 0 Å². The first-order valence-electron chi connectivity index (χ1n) is 7.51. The first-order valence-corrected chi connectivity index (χ1v) is 10.3. The smallest absolute Gasteiger partial charge is 0.0528 e. The summed E-state index contributed by atoms with van der Waals surface area (Å²) in [5, 5.41) is 3.57. The van der Waals surface area contributed by atoms with E-state index in [2.05, 4.69) is 56.4 Å². The maximum Gasteiger partial charge on any atom is 0.0528 e. The van der Waals surface area contributed by atoms with Crippen molar-refractivity contribution >= 4 is 8.07 Å². The Morgan fingerprint density at radius 2 is 1.56 bits per heavy atom. The Morgan fingerprint density at radius 3 is 2.11 bits per heavy atom. The molecular weight excluding hydrogens is 234 g/mol. The van der Waals surface area contributed by atoms with Crippen molar-refractivity contribution in [1.82, 2.24) is 5.32 Å². The summed E-state index contributed by atoms with van der Waals surface area (Å²) in [6, 6.07) is 16.5. The van der Waals surface area contributed by atoms with Gasteiger partial charge in [0, 0.05) is 6.54 Å². The summed E-state index contributed by atoms with van der Waals surface area (Å²) in [5.74, 6) is 0. The van der Waals surface area contributed by atoms with Crippen LogP contribution in [0.5, 0.6) is 0 Å². The van der Waals surface area contributed by atoms with E-state index in [0.717, 1.165) is 6.54 Å². The molecule has 0 fully saturated rings. The highest BCUT2D eigenvalue weighted by molar-refractivity contribution is 6.79. The maximum absolute atomic E-state index is 3.57. The van der Waals surface area contributed by atoms with E-state index in [-0.39, 0.29) is 0 Å². The van der Waals surface area contributed by atoms with E-state index in [1.165, 1.54) is 42.7 Å². The first kappa shape index (κ1) is 15.5. The standard InChI is InChI=1S/C16H29NSi/c1-4-18(5-2,6-3)14-10-13-17-15-16-11-8-7-9-12-16/h7-9,11-12,17H,4-6,10,13-15H2,1-3H3. The van der Waals surface area contributed by atoms with Gasteiger partial charge in [-0.2, -0.15) is 0 Å². The highest BCUT2D eigenvalue weighted by Crippen LogP contribution is 2.26. The van der Waals surface area contributed by atoms with Crippen LogP contribution in [-0.2, 0) is 6.54 Å². The van der Waals surface area contributed by atoms with Crippen LogP contribution in [0.4, 0.5) is 0 Å². The zero-order valence-electron chi connectivity index (χ0n) is 12.3. The molecule has 18 heavy (non-hydrogen) atoms. The van der Waals surface area contributed by atoms with Gasteiger partial charge in [-0.25, -0.2) is 0 Å². The molecule has 2 heteroatoms. The lowest BCUT2D eigenvalue weighted by Crippen LogP contribution is -2.32. The number of hydrogen-bond acceptors (Lipinski definition) is 1. The molecule has 0 atom stereocenters. The lowest BCUT2D eigenvalue weighted by atomic mass is 10.2. The lowest BCUT2D eigenvalue weighted by molar-refractivity contribution is 0.669. The van der Waals surface area contributed by atoms with E-state index >= 15 is 0 Å². The molecule has 0 aliphatic rings. The maximum atomic E-state index is 3.57. The monoisotopic (exact) mass is 263 g/mol. The minimum atomic E-state index is -0.887. The molecule has 102 valence electrons. The molecule has 0 saturated heterocycles. The fraction of sp³-hybridized carbons (Fsp3) is 0.625. The molecule has 0 aliphatic carbocycles. The van der Waals surface area contributed by atoms with E-state index in [0.29, 0.717) is 0 Å². The van der Waals surface area contributed by atoms with E-state index in [9.17, 15) is 0 Å². The average Bonchev–Trinajstić information content (AvgIpc) is 2.45. The van der Waals surface area contributed by atoms with Crippen LogP contribution >= 0.6 is 0 Å². The van der Waals surface area contributed by atoms with Gasteiger partial charge in [-0.3, -0.25) is 0 Å². The second-order valence-electron chi connectivity index (χ2n) is 5.33. The van der Waals surface area contributed by atoms with Crippen molar-refractivity contribution in [2.45, 2.75) is 57.9 Å². The molecule has 1 N–H and O–H groups in total. The third-order valence-corrected chi connectivity index (χ3v) is 10.4. The quantitative estimate of drug-likeness (QED) is 0.504. The minimum absolute atomic E-state index is 0.887. The fourth-order valence-electron chi connectivity index (χ4n) is 2.70. The van der Waals surface area contributed by atoms with Crippen LogP contribution in [0.1, 0.15) is 32.8 Å². The summed E-state index contributed by atoms with van der Waals surface area (Å²) in [4.78, 5) is 0. The van der Waals surface area contributed by atoms with Gasteiger partial charge in [0.2, 0.25) is 0 Å². The number of benzene rings is 1. The van der Waals surface area contributed by atoms with Gasteiger partial charge in [-0.15, -0.1) is 0 Å². The molecule has 0 aromatic heterocycles. The van der Waals surface area contributed by atoms with Crippen LogP contribution in [0.15, 0.2) is 30.3 Å². The largest absolute Gasteiger partial charge is 0.313 e. The van der Waals surface area contributed by atoms with Gasteiger partial charge in [0.05, 0.1) is 8.07 Å². The molecule has 0 bridgehead atoms. The average molecular weight is 264 g/mol. The van der Waals surface area contributed by atoms with E-state index < -0.39 is 8.07 Å². The molecule has 1 nitrogen and oxygen atoms in total. The molecular formula is C16H29NSi. The molecule has 0 amide bonds. The summed E-state index contributed by atoms with van der Waals surface area (Å²) < 4.78 is 0. The van der Waals surface area contributed by atoms with Crippen LogP contribution in [0.2, 0.25) is 24.2 Å². The lowest BCUT2D eigenvalue weighted by Gasteiger charge is -2.28. The second-order valence-corrected chi connectivity index (χ2v) is 10.9. The Kier molecular flexibility index (Phi) is 7.29. The van der Waals surface area contributed by atoms with Gasteiger partial charge in [-0.05, 0) is 18.5 Å². The van der Waals surface area contributed by atoms with E-state index in [1.54, 1.807) is 0 Å². The highest BCUT2D eigenvalue weighted by atomic mass is 28.3. The van der Waals surface area contributed by atoms with Crippen LogP contribution in [0, 0.1) is 0 Å². The fourth-order valence-corrected chi connectivity index (χ4v) is 6.18. The Labute approximate surface area is 114 Å². The van der Waals surface area contributed by atoms with Gasteiger partial charge in [0.15, 0.2) is 0 Å². The van der Waals surface area contributed by atoms with E-state index in [4.69, 9.17) is 0 Å². The van der Waals surface area contributed by atoms with Crippen molar-refractivity contribution in [2.75, 3.05) is 6.54 Å². The van der Waals surface area contributed by atoms with Crippen LogP contribution in [-0.4, -0.2) is 14.6 Å². The Hall–Kier alpha value is -0.603. The molecule has 0 heterocycles. The first-order chi connectivity index (χ1) is 8.76. The molecule has 0 aliphatic heterocycles. The molecule has 0 unspecified atom stereocenters. The highest BCUT2D eigenvalue weighted by Gasteiger charge is 2.25. The molecule has 0 spiro atoms. The minimum Gasteiger partial charge on any atom is -0.313 e. The zero-order valence-corrected chi connectivity index (χ0v) is 13.3. The third-order valence-electron chi connectivity index (χ3n) is 4.48. The Morgan fingerprint density at radius 1 is 0.944 bits per heavy atom. The van der Waals surface area contributed by atoms with Gasteiger partial charge in [-0.1, -0.05) is 75.3 Å². The van der Waals surface area contributed by atoms with Gasteiger partial charge in [0.25, 0.3) is 0 Å². The van der Waals surface area contributed by atoms with Crippen LogP contribution in [0.3, 0.4) is 0 Å². The number of hydrogen-bond donors (Lipinski definition) is 1. The Bertz CT molecular complexity index is 298. The Balaban J connectivity index is 2.18. The molecule has 0 saturated carbocycles. The topological polar surface area (TPSA) is 12.0 Å². The number of rotatable bonds is 9. The normalized spacial score (nSPS) is 11.7. The van der Waals surface area contributed by atoms with Crippen molar-refractivity contribution in [1.29, 1.82) is 0 Å².